The molecule has 0 saturated carbocycles. The molecule has 0 spiro atoms. The highest BCUT2D eigenvalue weighted by atomic mass is 35.5. The van der Waals surface area contributed by atoms with Crippen LogP contribution in [0.5, 0.6) is 0 Å². The van der Waals surface area contributed by atoms with Crippen LogP contribution in [0.25, 0.3) is 0 Å². The molecule has 1 unspecified atom stereocenters. The van der Waals surface area contributed by atoms with E-state index < -0.39 is 5.82 Å². The predicted octanol–water partition coefficient (Wildman–Crippen LogP) is 2.97. The number of halogens is 2. The van der Waals surface area contributed by atoms with E-state index in [1.807, 2.05) is 6.92 Å². The van der Waals surface area contributed by atoms with Gasteiger partial charge in [-0.3, -0.25) is 0 Å². The van der Waals surface area contributed by atoms with Gasteiger partial charge in [-0.15, -0.1) is 0 Å². The van der Waals surface area contributed by atoms with Gasteiger partial charge in [-0.2, -0.15) is 0 Å². The smallest absolute Gasteiger partial charge is 0.146 e. The minimum atomic E-state index is -0.408. The zero-order chi connectivity index (χ0) is 13.0. The number of nitrogens with one attached hydrogen (secondary N) is 1. The molecule has 5 heteroatoms. The third-order valence-electron chi connectivity index (χ3n) is 2.61. The number of nitrogens with zero attached hydrogens (tertiary/aromatic N) is 2. The van der Waals surface area contributed by atoms with Gasteiger partial charge >= 0.3 is 0 Å². The van der Waals surface area contributed by atoms with Gasteiger partial charge < -0.3 is 5.32 Å². The molecular weight excluding hydrogens is 253 g/mol. The van der Waals surface area contributed by atoms with Gasteiger partial charge in [0.25, 0.3) is 0 Å². The molecule has 0 aliphatic rings. The van der Waals surface area contributed by atoms with Crippen LogP contribution in [-0.4, -0.2) is 16.5 Å². The molecule has 0 fully saturated rings. The van der Waals surface area contributed by atoms with E-state index in [4.69, 9.17) is 11.6 Å². The Labute approximate surface area is 110 Å². The summed E-state index contributed by atoms with van der Waals surface area (Å²) in [7, 11) is 0. The van der Waals surface area contributed by atoms with Crippen LogP contribution in [0.1, 0.15) is 24.1 Å². The summed E-state index contributed by atoms with van der Waals surface area (Å²) in [4.78, 5) is 7.92. The van der Waals surface area contributed by atoms with Gasteiger partial charge in [-0.1, -0.05) is 30.7 Å². The molecule has 0 saturated heterocycles. The lowest BCUT2D eigenvalue weighted by Crippen LogP contribution is -2.23. The number of hydrogen-bond donors (Lipinski definition) is 1. The fourth-order valence-corrected chi connectivity index (χ4v) is 2.00. The van der Waals surface area contributed by atoms with Crippen LogP contribution < -0.4 is 5.32 Å². The van der Waals surface area contributed by atoms with Gasteiger partial charge in [-0.05, 0) is 12.6 Å². The number of aromatic nitrogens is 2. The topological polar surface area (TPSA) is 37.8 Å². The van der Waals surface area contributed by atoms with Crippen molar-refractivity contribution in [3.8, 4) is 0 Å². The van der Waals surface area contributed by atoms with Crippen molar-refractivity contribution in [1.82, 2.24) is 15.3 Å². The van der Waals surface area contributed by atoms with Crippen LogP contribution in [0.2, 0.25) is 5.02 Å². The Morgan fingerprint density at radius 2 is 2.06 bits per heavy atom. The van der Waals surface area contributed by atoms with Crippen molar-refractivity contribution in [2.45, 2.75) is 13.0 Å². The van der Waals surface area contributed by atoms with Crippen LogP contribution in [0, 0.1) is 5.82 Å². The summed E-state index contributed by atoms with van der Waals surface area (Å²) in [6, 6.07) is 4.68. The quantitative estimate of drug-likeness (QED) is 0.924. The molecule has 1 aromatic heterocycles. The summed E-state index contributed by atoms with van der Waals surface area (Å²) in [5.74, 6) is -0.408. The Hall–Kier alpha value is -1.52. The molecule has 0 aliphatic carbocycles. The predicted molar refractivity (Wildman–Crippen MR) is 69.0 cm³/mol. The second-order valence-electron chi connectivity index (χ2n) is 3.81. The monoisotopic (exact) mass is 265 g/mol. The summed E-state index contributed by atoms with van der Waals surface area (Å²) in [5, 5.41) is 3.32. The molecule has 94 valence electrons. The van der Waals surface area contributed by atoms with E-state index in [0.717, 1.165) is 5.56 Å². The molecule has 0 amide bonds. The zero-order valence-electron chi connectivity index (χ0n) is 9.90. The molecular formula is C13H13ClFN3. The summed E-state index contributed by atoms with van der Waals surface area (Å²) in [6.45, 7) is 2.66. The molecule has 1 atom stereocenters. The van der Waals surface area contributed by atoms with Crippen LogP contribution in [-0.2, 0) is 0 Å². The van der Waals surface area contributed by atoms with Crippen molar-refractivity contribution in [2.24, 2.45) is 0 Å². The normalized spacial score (nSPS) is 12.4. The summed E-state index contributed by atoms with van der Waals surface area (Å²) >= 11 is 5.81. The Balaban J connectivity index is 2.45. The van der Waals surface area contributed by atoms with Gasteiger partial charge in [0.2, 0.25) is 0 Å². The lowest BCUT2D eigenvalue weighted by molar-refractivity contribution is 0.557. The van der Waals surface area contributed by atoms with Crippen LogP contribution in [0.4, 0.5) is 4.39 Å². The van der Waals surface area contributed by atoms with Gasteiger partial charge in [-0.25, -0.2) is 14.4 Å². The molecule has 1 aromatic carbocycles. The number of hydrogen-bond acceptors (Lipinski definition) is 3. The highest BCUT2D eigenvalue weighted by Gasteiger charge is 2.18. The first-order chi connectivity index (χ1) is 8.74. The minimum absolute atomic E-state index is 0.118. The van der Waals surface area contributed by atoms with Crippen molar-refractivity contribution >= 4 is 11.6 Å². The average Bonchev–Trinajstić information content (AvgIpc) is 2.41. The van der Waals surface area contributed by atoms with Gasteiger partial charge in [0.15, 0.2) is 0 Å². The van der Waals surface area contributed by atoms with Crippen molar-refractivity contribution < 1.29 is 4.39 Å². The standard InChI is InChI=1S/C13H13ClFN3/c1-2-18-13(9-6-16-8-17-7-9)10-4-3-5-11(14)12(10)15/h3-8,13,18H,2H2,1H3. The average molecular weight is 266 g/mol. The SMILES string of the molecule is CCNC(c1cncnc1)c1cccc(Cl)c1F. The fraction of sp³-hybridized carbons (Fsp3) is 0.231. The maximum Gasteiger partial charge on any atom is 0.146 e. The number of rotatable bonds is 4. The molecule has 1 heterocycles. The second-order valence-corrected chi connectivity index (χ2v) is 4.21. The van der Waals surface area contributed by atoms with Gasteiger partial charge in [0.1, 0.15) is 12.1 Å². The van der Waals surface area contributed by atoms with Crippen LogP contribution in [0.15, 0.2) is 36.9 Å². The van der Waals surface area contributed by atoms with E-state index in [0.29, 0.717) is 12.1 Å². The Morgan fingerprint density at radius 1 is 1.33 bits per heavy atom. The van der Waals surface area contributed by atoms with E-state index in [1.54, 1.807) is 24.5 Å². The van der Waals surface area contributed by atoms with E-state index >= 15 is 0 Å². The molecule has 2 aromatic rings. The third-order valence-corrected chi connectivity index (χ3v) is 2.91. The summed E-state index contributed by atoms with van der Waals surface area (Å²) < 4.78 is 14.0. The van der Waals surface area contributed by atoms with Crippen molar-refractivity contribution in [3.05, 3.63) is 58.9 Å². The van der Waals surface area contributed by atoms with Crippen molar-refractivity contribution in [3.63, 3.8) is 0 Å². The highest BCUT2D eigenvalue weighted by molar-refractivity contribution is 6.30. The lowest BCUT2D eigenvalue weighted by atomic mass is 10.0. The largest absolute Gasteiger partial charge is 0.306 e. The van der Waals surface area contributed by atoms with E-state index in [2.05, 4.69) is 15.3 Å². The van der Waals surface area contributed by atoms with E-state index in [-0.39, 0.29) is 11.1 Å². The fourth-order valence-electron chi connectivity index (χ4n) is 1.81. The zero-order valence-corrected chi connectivity index (χ0v) is 10.7. The van der Waals surface area contributed by atoms with Gasteiger partial charge in [0, 0.05) is 23.5 Å². The molecule has 1 N–H and O–H groups in total. The first-order valence-corrected chi connectivity index (χ1v) is 6.04. The van der Waals surface area contributed by atoms with E-state index in [1.165, 1.54) is 12.4 Å². The summed E-state index contributed by atoms with van der Waals surface area (Å²) in [6.07, 6.45) is 4.78. The molecule has 2 rings (SSSR count). The molecule has 0 radical (unpaired) electrons. The van der Waals surface area contributed by atoms with Crippen LogP contribution in [0.3, 0.4) is 0 Å². The Kier molecular flexibility index (Phi) is 4.23. The van der Waals surface area contributed by atoms with Gasteiger partial charge in [0.05, 0.1) is 11.1 Å². The maximum absolute atomic E-state index is 14.0. The van der Waals surface area contributed by atoms with Crippen molar-refractivity contribution in [1.29, 1.82) is 0 Å². The third kappa shape index (κ3) is 2.66. The lowest BCUT2D eigenvalue weighted by Gasteiger charge is -2.19. The first-order valence-electron chi connectivity index (χ1n) is 5.66. The van der Waals surface area contributed by atoms with Crippen LogP contribution >= 0.6 is 11.6 Å². The molecule has 0 bridgehead atoms. The van der Waals surface area contributed by atoms with E-state index in [9.17, 15) is 4.39 Å². The molecule has 18 heavy (non-hydrogen) atoms. The Morgan fingerprint density at radius 3 is 2.72 bits per heavy atom. The highest BCUT2D eigenvalue weighted by Crippen LogP contribution is 2.27. The molecule has 0 aliphatic heterocycles. The molecule has 3 nitrogen and oxygen atoms in total. The minimum Gasteiger partial charge on any atom is -0.306 e. The Bertz CT molecular complexity index is 519. The second kappa shape index (κ2) is 5.89. The number of benzene rings is 1. The maximum atomic E-state index is 14.0. The van der Waals surface area contributed by atoms with Crippen molar-refractivity contribution in [2.75, 3.05) is 6.54 Å². The first kappa shape index (κ1) is 12.9. The summed E-state index contributed by atoms with van der Waals surface area (Å²) in [5.41, 5.74) is 1.31.